The Morgan fingerprint density at radius 3 is 0.750 bits per heavy atom. The Balaban J connectivity index is 0.956. The zero-order valence-corrected chi connectivity index (χ0v) is 35.5. The normalized spacial score (nSPS) is 40.8. The van der Waals surface area contributed by atoms with E-state index in [-0.39, 0.29) is 49.2 Å². The molecule has 12 N–H and O–H groups in total. The molecule has 14 aliphatic heterocycles. The van der Waals surface area contributed by atoms with Crippen molar-refractivity contribution in [1.82, 2.24) is 60.0 Å². The quantitative estimate of drug-likeness (QED) is 0.0903. The van der Waals surface area contributed by atoms with Gasteiger partial charge in [0.25, 0.3) is 0 Å². The highest BCUT2D eigenvalue weighted by Crippen LogP contribution is 2.35. The van der Waals surface area contributed by atoms with Crippen LogP contribution in [0.4, 0.5) is 0 Å². The summed E-state index contributed by atoms with van der Waals surface area (Å²) in [4.78, 5) is 0. The van der Waals surface area contributed by atoms with Crippen LogP contribution in [0.25, 0.3) is 0 Å². The molecule has 4 aromatic rings. The fourth-order valence-corrected chi connectivity index (χ4v) is 8.71. The number of aliphatic hydroxyl groups is 12. The van der Waals surface area contributed by atoms with Crippen LogP contribution in [0.2, 0.25) is 0 Å². The lowest BCUT2D eigenvalue weighted by Crippen LogP contribution is -2.57. The van der Waals surface area contributed by atoms with Gasteiger partial charge in [0.2, 0.25) is 0 Å². The van der Waals surface area contributed by atoms with Crippen molar-refractivity contribution in [2.45, 2.75) is 149 Å². The molecular weight excluding hydrogens is 920 g/mol. The van der Waals surface area contributed by atoms with Gasteiger partial charge in [0, 0.05) is 0 Å². The first-order valence-electron chi connectivity index (χ1n) is 21.4. The van der Waals surface area contributed by atoms with Gasteiger partial charge in [-0.2, -0.15) is 0 Å². The molecule has 18 rings (SSSR count). The number of hydrogen-bond acceptors (Lipinski definition) is 28. The number of ether oxygens (including phenoxy) is 8. The summed E-state index contributed by atoms with van der Waals surface area (Å²) >= 11 is 0. The second-order valence-corrected chi connectivity index (χ2v) is 16.8. The van der Waals surface area contributed by atoms with Gasteiger partial charge in [-0.25, -0.2) is 18.7 Å². The molecule has 18 heterocycles. The van der Waals surface area contributed by atoms with E-state index in [1.54, 1.807) is 0 Å². The summed E-state index contributed by atoms with van der Waals surface area (Å²) in [6, 6.07) is 0. The van der Waals surface area contributed by atoms with Crippen molar-refractivity contribution in [3.8, 4) is 0 Å². The van der Waals surface area contributed by atoms with Crippen molar-refractivity contribution in [2.75, 3.05) is 26.4 Å². The number of nitrogens with zero attached hydrogens (tertiary/aromatic N) is 12. The van der Waals surface area contributed by atoms with E-state index in [1.165, 1.54) is 24.8 Å². The van der Waals surface area contributed by atoms with Crippen LogP contribution in [0.1, 0.15) is 47.7 Å². The molecule has 0 unspecified atom stereocenters. The summed E-state index contributed by atoms with van der Waals surface area (Å²) in [5.74, 6) is 0. The van der Waals surface area contributed by atoms with Gasteiger partial charge >= 0.3 is 0 Å². The van der Waals surface area contributed by atoms with Crippen molar-refractivity contribution in [2.24, 2.45) is 0 Å². The Labute approximate surface area is 381 Å². The Morgan fingerprint density at radius 2 is 0.559 bits per heavy atom. The monoisotopic (exact) mass is 972 g/mol. The van der Waals surface area contributed by atoms with Crippen molar-refractivity contribution < 1.29 is 99.2 Å². The molecule has 4 saturated heterocycles. The van der Waals surface area contributed by atoms with Crippen LogP contribution in [0.5, 0.6) is 0 Å². The molecule has 4 aromatic heterocycles. The Bertz CT molecular complexity index is 1940. The highest BCUT2D eigenvalue weighted by molar-refractivity contribution is 5.02. The number of aliphatic hydroxyl groups excluding tert-OH is 12. The van der Waals surface area contributed by atoms with E-state index in [9.17, 15) is 61.3 Å². The minimum atomic E-state index is -1.69. The fraction of sp³-hybridized carbons (Fsp3) is 0.778. The van der Waals surface area contributed by atoms with Gasteiger partial charge in [-0.05, 0) is 0 Å². The summed E-state index contributed by atoms with van der Waals surface area (Å²) in [5, 5.41) is 162. The van der Waals surface area contributed by atoms with Crippen LogP contribution >= 0.6 is 0 Å². The molecule has 32 nitrogen and oxygen atoms in total. The van der Waals surface area contributed by atoms with Gasteiger partial charge < -0.3 is 99.2 Å². The molecule has 0 saturated carbocycles. The first kappa shape index (κ1) is 48.8. The first-order chi connectivity index (χ1) is 32.8. The molecule has 20 atom stereocenters. The van der Waals surface area contributed by atoms with E-state index in [0.717, 1.165) is 18.7 Å². The van der Waals surface area contributed by atoms with Crippen LogP contribution in [-0.2, 0) is 64.3 Å². The number of aromatic nitrogens is 12. The van der Waals surface area contributed by atoms with Gasteiger partial charge in [0.1, 0.15) is 120 Å². The minimum absolute atomic E-state index is 0.113. The summed E-state index contributed by atoms with van der Waals surface area (Å²) in [6.07, 6.45) is -24.1. The average Bonchev–Trinajstić information content (AvgIpc) is 4.20. The standard InChI is InChI=1S/C36H52N12O20/c49-5-17-30-21(53)25(57)33(65-17)45-1-13(37-41-45)9-61-29-18(6-50)66-34(26(58)22(29)54)46-3-15(39-42-46)11-63-31-20(8-52)68-36(28(60)24(31)56)48-4-16(40-44-48)12-64-32-19(7-51)67-35(27(59)23(32)55)47-2-14(10-62-30)38-43-47/h1-4,17-36,49-60H,5-12H2/t17-,18-,19-,20-,21-,22-,23-,24-,25-,26-,27-,28-,29+,30+,31+,32+,33-,34-,35-,36-/m1/s1. The SMILES string of the molecule is OC[C@H]1O[C@@H]2[C@H](O)[C@@H](O)[C@H]1OCc1cn(nn1)[C@@H]1O[C@H](CO)[C@H](OCc3cn(nn3)[C@@H]3O[C@H](CO)[C@H](OCc4cn(nn4)[C@@H]4O[C@H](CO)[C@H](OCc5cn2nn5)[C@H](O)[C@H]4O)[C@H](O)[C@H]3O)[C@H](O)[C@H]1O. The van der Waals surface area contributed by atoms with Crippen molar-refractivity contribution in [3.05, 3.63) is 47.6 Å². The Hall–Kier alpha value is -4.24. The van der Waals surface area contributed by atoms with Crippen LogP contribution in [-0.4, -0.2) is 245 Å². The van der Waals surface area contributed by atoms with E-state index >= 15 is 0 Å². The van der Waals surface area contributed by atoms with Crippen molar-refractivity contribution in [1.29, 1.82) is 0 Å². The minimum Gasteiger partial charge on any atom is -0.394 e. The zero-order valence-electron chi connectivity index (χ0n) is 35.5. The van der Waals surface area contributed by atoms with Gasteiger partial charge in [0.15, 0.2) is 24.9 Å². The van der Waals surface area contributed by atoms with E-state index in [4.69, 9.17) is 37.9 Å². The first-order valence-corrected chi connectivity index (χ1v) is 21.4. The van der Waals surface area contributed by atoms with Gasteiger partial charge in [-0.1, -0.05) is 20.9 Å². The molecule has 0 spiro atoms. The van der Waals surface area contributed by atoms with E-state index in [1.807, 2.05) is 0 Å². The second kappa shape index (κ2) is 20.6. The molecule has 16 bridgehead atoms. The maximum Gasteiger partial charge on any atom is 0.180 e. The second-order valence-electron chi connectivity index (χ2n) is 16.8. The maximum atomic E-state index is 11.2. The van der Waals surface area contributed by atoms with E-state index < -0.39 is 149 Å². The summed E-state index contributed by atoms with van der Waals surface area (Å²) in [5.41, 5.74) is 0.453. The molecule has 4 fully saturated rings. The van der Waals surface area contributed by atoms with Crippen molar-refractivity contribution in [3.63, 3.8) is 0 Å². The van der Waals surface area contributed by atoms with Crippen LogP contribution < -0.4 is 0 Å². The molecule has 0 radical (unpaired) electrons. The lowest BCUT2D eigenvalue weighted by molar-refractivity contribution is -0.268. The Morgan fingerprint density at radius 1 is 0.353 bits per heavy atom. The molecule has 68 heavy (non-hydrogen) atoms. The highest BCUT2D eigenvalue weighted by Gasteiger charge is 2.50. The third kappa shape index (κ3) is 9.40. The Kier molecular flexibility index (Phi) is 14.8. The summed E-state index contributed by atoms with van der Waals surface area (Å²) in [7, 11) is 0. The van der Waals surface area contributed by atoms with Gasteiger partial charge in [-0.3, -0.25) is 0 Å². The topological polar surface area (TPSA) is 439 Å². The van der Waals surface area contributed by atoms with Crippen LogP contribution in [0.3, 0.4) is 0 Å². The molecule has 376 valence electrons. The van der Waals surface area contributed by atoms with Crippen molar-refractivity contribution >= 4 is 0 Å². The van der Waals surface area contributed by atoms with E-state index in [0.29, 0.717) is 0 Å². The lowest BCUT2D eigenvalue weighted by Gasteiger charge is -2.42. The lowest BCUT2D eigenvalue weighted by atomic mass is 9.98. The predicted octanol–water partition coefficient (Wildman–Crippen LogP) is -8.85. The third-order valence-electron chi connectivity index (χ3n) is 12.3. The summed E-state index contributed by atoms with van der Waals surface area (Å²) < 4.78 is 51.2. The molecule has 0 aliphatic carbocycles. The van der Waals surface area contributed by atoms with Crippen LogP contribution in [0, 0.1) is 0 Å². The number of hydrogen-bond donors (Lipinski definition) is 12. The molecule has 14 aliphatic rings. The smallest absolute Gasteiger partial charge is 0.180 e. The van der Waals surface area contributed by atoms with Crippen LogP contribution in [0.15, 0.2) is 24.8 Å². The average molecular weight is 973 g/mol. The van der Waals surface area contributed by atoms with Gasteiger partial charge in [0.05, 0.1) is 77.6 Å². The summed E-state index contributed by atoms with van der Waals surface area (Å²) in [6.45, 7) is -4.23. The zero-order chi connectivity index (χ0) is 48.0. The third-order valence-corrected chi connectivity index (χ3v) is 12.3. The van der Waals surface area contributed by atoms with E-state index in [2.05, 4.69) is 41.2 Å². The van der Waals surface area contributed by atoms with Gasteiger partial charge in [-0.15, -0.1) is 20.4 Å². The highest BCUT2D eigenvalue weighted by atomic mass is 16.6. The molecule has 0 amide bonds. The number of rotatable bonds is 4. The maximum absolute atomic E-state index is 11.2. The predicted molar refractivity (Wildman–Crippen MR) is 206 cm³/mol. The fourth-order valence-electron chi connectivity index (χ4n) is 8.71. The largest absolute Gasteiger partial charge is 0.394 e. The molecule has 32 heteroatoms. The molecule has 0 aromatic carbocycles. The molecular formula is C36H52N12O20.